The molecule has 0 spiro atoms. The molecule has 1 aliphatic heterocycles. The Bertz CT molecular complexity index is 874. The van der Waals surface area contributed by atoms with E-state index in [1.165, 1.54) is 23.0 Å². The monoisotopic (exact) mass is 339 g/mol. The van der Waals surface area contributed by atoms with Gasteiger partial charge in [-0.15, -0.1) is 11.3 Å². The summed E-state index contributed by atoms with van der Waals surface area (Å²) in [4.78, 5) is 15.5. The summed E-state index contributed by atoms with van der Waals surface area (Å²) in [6.07, 6.45) is 2.94. The molecule has 3 aromatic rings. The zero-order valence-electron chi connectivity index (χ0n) is 13.2. The molecule has 122 valence electrons. The highest BCUT2D eigenvalue weighted by atomic mass is 32.1. The average molecular weight is 339 g/mol. The zero-order valence-corrected chi connectivity index (χ0v) is 14.1. The molecule has 0 bridgehead atoms. The van der Waals surface area contributed by atoms with Crippen molar-refractivity contribution in [1.82, 2.24) is 4.90 Å². The standard InChI is InChI=1S/C20H18FNOS/c21-17-9-4-10-18-16(17)13-19(24-18)20(23)22-11-5-8-15(22)12-14-6-2-1-3-7-14/h1-4,6-7,9-10,13,15H,5,8,11-12H2. The molecule has 0 aliphatic carbocycles. The Morgan fingerprint density at radius 3 is 2.79 bits per heavy atom. The quantitative estimate of drug-likeness (QED) is 0.665. The normalized spacial score (nSPS) is 17.5. The minimum atomic E-state index is -0.259. The zero-order chi connectivity index (χ0) is 16.5. The molecule has 2 heterocycles. The van der Waals surface area contributed by atoms with Crippen LogP contribution in [0.4, 0.5) is 4.39 Å². The summed E-state index contributed by atoms with van der Waals surface area (Å²) < 4.78 is 14.7. The van der Waals surface area contributed by atoms with Crippen molar-refractivity contribution in [3.63, 3.8) is 0 Å². The van der Waals surface area contributed by atoms with Gasteiger partial charge in [-0.25, -0.2) is 4.39 Å². The molecule has 4 heteroatoms. The number of carbonyl (C=O) groups excluding carboxylic acids is 1. The van der Waals surface area contributed by atoms with Gasteiger partial charge < -0.3 is 4.90 Å². The predicted molar refractivity (Wildman–Crippen MR) is 96.0 cm³/mol. The number of hydrogen-bond acceptors (Lipinski definition) is 2. The van der Waals surface area contributed by atoms with Crippen LogP contribution in [0.2, 0.25) is 0 Å². The van der Waals surface area contributed by atoms with Crippen molar-refractivity contribution < 1.29 is 9.18 Å². The highest BCUT2D eigenvalue weighted by Gasteiger charge is 2.30. The highest BCUT2D eigenvalue weighted by molar-refractivity contribution is 7.20. The first kappa shape index (κ1) is 15.3. The molecule has 0 N–H and O–H groups in total. The van der Waals surface area contributed by atoms with Crippen molar-refractivity contribution in [1.29, 1.82) is 0 Å². The van der Waals surface area contributed by atoms with Gasteiger partial charge >= 0.3 is 0 Å². The fraction of sp³-hybridized carbons (Fsp3) is 0.250. The van der Waals surface area contributed by atoms with Gasteiger partial charge in [0.1, 0.15) is 5.82 Å². The first-order valence-electron chi connectivity index (χ1n) is 8.25. The summed E-state index contributed by atoms with van der Waals surface area (Å²) >= 11 is 1.38. The number of likely N-dealkylation sites (tertiary alicyclic amines) is 1. The average Bonchev–Trinajstić information content (AvgIpc) is 3.23. The first-order chi connectivity index (χ1) is 11.7. The molecule has 0 radical (unpaired) electrons. The van der Waals surface area contributed by atoms with Gasteiger partial charge in [-0.05, 0) is 43.0 Å². The van der Waals surface area contributed by atoms with Crippen LogP contribution < -0.4 is 0 Å². The van der Waals surface area contributed by atoms with E-state index in [1.807, 2.05) is 29.2 Å². The molecule has 2 nitrogen and oxygen atoms in total. The Kier molecular flexibility index (Phi) is 4.07. The van der Waals surface area contributed by atoms with Gasteiger partial charge in [0.15, 0.2) is 0 Å². The second kappa shape index (κ2) is 6.36. The molecule has 1 unspecified atom stereocenters. The molecule has 1 aliphatic rings. The number of benzene rings is 2. The van der Waals surface area contributed by atoms with Crippen LogP contribution in [0, 0.1) is 5.82 Å². The Balaban J connectivity index is 1.59. The topological polar surface area (TPSA) is 20.3 Å². The Morgan fingerprint density at radius 2 is 2.00 bits per heavy atom. The Labute approximate surface area is 144 Å². The van der Waals surface area contributed by atoms with Crippen molar-refractivity contribution >= 4 is 27.3 Å². The molecule has 1 atom stereocenters. The minimum absolute atomic E-state index is 0.0361. The molecule has 0 saturated carbocycles. The van der Waals surface area contributed by atoms with Gasteiger partial charge in [0.2, 0.25) is 0 Å². The second-order valence-electron chi connectivity index (χ2n) is 6.25. The molecule has 2 aromatic carbocycles. The number of carbonyl (C=O) groups is 1. The molecule has 4 rings (SSSR count). The van der Waals surface area contributed by atoms with Crippen molar-refractivity contribution in [3.8, 4) is 0 Å². The SMILES string of the molecule is O=C(c1cc2c(F)cccc2s1)N1CCCC1Cc1ccccc1. The van der Waals surface area contributed by atoms with Gasteiger partial charge in [0.25, 0.3) is 5.91 Å². The van der Waals surface area contributed by atoms with Crippen LogP contribution in [0.3, 0.4) is 0 Å². The second-order valence-corrected chi connectivity index (χ2v) is 7.33. The van der Waals surface area contributed by atoms with Crippen molar-refractivity contribution in [2.45, 2.75) is 25.3 Å². The van der Waals surface area contributed by atoms with Crippen molar-refractivity contribution in [3.05, 3.63) is 70.9 Å². The third-order valence-electron chi connectivity index (χ3n) is 4.67. The van der Waals surface area contributed by atoms with E-state index in [0.29, 0.717) is 10.3 Å². The molecule has 1 fully saturated rings. The Hall–Kier alpha value is -2.20. The van der Waals surface area contributed by atoms with Crippen LogP contribution in [0.1, 0.15) is 28.1 Å². The lowest BCUT2D eigenvalue weighted by molar-refractivity contribution is 0.0741. The molecule has 24 heavy (non-hydrogen) atoms. The van der Waals surface area contributed by atoms with E-state index < -0.39 is 0 Å². The molecule has 1 aromatic heterocycles. The minimum Gasteiger partial charge on any atom is -0.335 e. The number of thiophene rings is 1. The van der Waals surface area contributed by atoms with E-state index in [0.717, 1.165) is 30.5 Å². The van der Waals surface area contributed by atoms with Crippen molar-refractivity contribution in [2.24, 2.45) is 0 Å². The maximum absolute atomic E-state index is 13.9. The van der Waals surface area contributed by atoms with Gasteiger partial charge in [-0.1, -0.05) is 36.4 Å². The van der Waals surface area contributed by atoms with Crippen LogP contribution in [0.15, 0.2) is 54.6 Å². The number of nitrogens with zero attached hydrogens (tertiary/aromatic N) is 1. The molecular formula is C20H18FNOS. The number of rotatable bonds is 3. The fourth-order valence-corrected chi connectivity index (χ4v) is 4.50. The van der Waals surface area contributed by atoms with E-state index in [-0.39, 0.29) is 17.8 Å². The maximum atomic E-state index is 13.9. The van der Waals surface area contributed by atoms with Gasteiger partial charge in [0, 0.05) is 22.7 Å². The molecule has 1 saturated heterocycles. The molecular weight excluding hydrogens is 321 g/mol. The van der Waals surface area contributed by atoms with Gasteiger partial charge in [0.05, 0.1) is 4.88 Å². The van der Waals surface area contributed by atoms with Crippen LogP contribution in [-0.4, -0.2) is 23.4 Å². The van der Waals surface area contributed by atoms with Crippen LogP contribution in [-0.2, 0) is 6.42 Å². The van der Waals surface area contributed by atoms with Crippen molar-refractivity contribution in [2.75, 3.05) is 6.54 Å². The smallest absolute Gasteiger partial charge is 0.264 e. The predicted octanol–water partition coefficient (Wildman–Crippen LogP) is 4.89. The number of hydrogen-bond donors (Lipinski definition) is 0. The lowest BCUT2D eigenvalue weighted by Crippen LogP contribution is -2.36. The van der Waals surface area contributed by atoms with Gasteiger partial charge in [-0.2, -0.15) is 0 Å². The first-order valence-corrected chi connectivity index (χ1v) is 9.07. The Morgan fingerprint density at radius 1 is 1.17 bits per heavy atom. The van der Waals surface area contributed by atoms with E-state index in [9.17, 15) is 9.18 Å². The third kappa shape index (κ3) is 2.82. The summed E-state index contributed by atoms with van der Waals surface area (Å²) in [5.74, 6) is -0.223. The number of fused-ring (bicyclic) bond motifs is 1. The number of amides is 1. The summed E-state index contributed by atoms with van der Waals surface area (Å²) in [6, 6.07) is 17.2. The summed E-state index contributed by atoms with van der Waals surface area (Å²) in [5.41, 5.74) is 1.25. The lowest BCUT2D eigenvalue weighted by Gasteiger charge is -2.24. The summed E-state index contributed by atoms with van der Waals surface area (Å²) in [6.45, 7) is 0.785. The van der Waals surface area contributed by atoms with E-state index in [2.05, 4.69) is 12.1 Å². The number of halogens is 1. The van der Waals surface area contributed by atoms with E-state index in [4.69, 9.17) is 0 Å². The fourth-order valence-electron chi connectivity index (χ4n) is 3.47. The van der Waals surface area contributed by atoms with E-state index in [1.54, 1.807) is 12.1 Å². The summed E-state index contributed by atoms with van der Waals surface area (Å²) in [7, 11) is 0. The summed E-state index contributed by atoms with van der Waals surface area (Å²) in [5, 5.41) is 0.546. The van der Waals surface area contributed by atoms with Crippen LogP contribution in [0.25, 0.3) is 10.1 Å². The lowest BCUT2D eigenvalue weighted by atomic mass is 10.0. The highest BCUT2D eigenvalue weighted by Crippen LogP contribution is 2.31. The van der Waals surface area contributed by atoms with Crippen LogP contribution >= 0.6 is 11.3 Å². The van der Waals surface area contributed by atoms with Gasteiger partial charge in [-0.3, -0.25) is 4.79 Å². The largest absolute Gasteiger partial charge is 0.335 e. The van der Waals surface area contributed by atoms with Crippen LogP contribution in [0.5, 0.6) is 0 Å². The molecule has 1 amide bonds. The third-order valence-corrected chi connectivity index (χ3v) is 5.76. The van der Waals surface area contributed by atoms with E-state index >= 15 is 0 Å². The maximum Gasteiger partial charge on any atom is 0.264 e.